The summed E-state index contributed by atoms with van der Waals surface area (Å²) in [5, 5.41) is 12.7. The van der Waals surface area contributed by atoms with Crippen molar-refractivity contribution in [2.24, 2.45) is 5.92 Å². The van der Waals surface area contributed by atoms with Crippen LogP contribution in [0.1, 0.15) is 57.6 Å². The molecule has 3 atom stereocenters. The normalized spacial score (nSPS) is 21.4. The second-order valence-corrected chi connectivity index (χ2v) is 11.4. The van der Waals surface area contributed by atoms with Crippen LogP contribution in [-0.4, -0.2) is 70.7 Å². The van der Waals surface area contributed by atoms with Crippen LogP contribution in [0.3, 0.4) is 0 Å². The van der Waals surface area contributed by atoms with Crippen LogP contribution in [0.25, 0.3) is 11.1 Å². The van der Waals surface area contributed by atoms with Gasteiger partial charge in [-0.1, -0.05) is 12.1 Å². The van der Waals surface area contributed by atoms with E-state index >= 15 is 0 Å². The molecule has 4 heterocycles. The van der Waals surface area contributed by atoms with Crippen LogP contribution in [0.2, 0.25) is 0 Å². The number of ether oxygens (including phenoxy) is 2. The Bertz CT molecular complexity index is 1260. The minimum atomic E-state index is -0.297. The van der Waals surface area contributed by atoms with Crippen molar-refractivity contribution in [2.45, 2.75) is 83.7 Å². The van der Waals surface area contributed by atoms with E-state index in [1.807, 2.05) is 32.2 Å². The molecule has 10 heteroatoms. The number of aromatic nitrogens is 1. The number of rotatable bonds is 6. The number of carbonyl (C=O) groups excluding carboxylic acids is 2. The molecular formula is C31H40ClN5O4. The van der Waals surface area contributed by atoms with Crippen molar-refractivity contribution in [3.8, 4) is 23.1 Å². The molecule has 41 heavy (non-hydrogen) atoms. The largest absolute Gasteiger partial charge is 0.474 e. The van der Waals surface area contributed by atoms with Gasteiger partial charge in [-0.15, -0.1) is 12.4 Å². The minimum Gasteiger partial charge on any atom is -0.474 e. The molecule has 0 spiro atoms. The molecule has 220 valence electrons. The number of carbonyl (C=O) groups is 2. The number of nitriles is 1. The van der Waals surface area contributed by atoms with Gasteiger partial charge in [0.2, 0.25) is 11.8 Å². The lowest BCUT2D eigenvalue weighted by Gasteiger charge is -2.34. The molecule has 2 fully saturated rings. The number of piperidine rings is 1. The van der Waals surface area contributed by atoms with Crippen LogP contribution in [0.4, 0.5) is 4.79 Å². The van der Waals surface area contributed by atoms with E-state index in [2.05, 4.69) is 41.5 Å². The van der Waals surface area contributed by atoms with Crippen LogP contribution in [0.15, 0.2) is 36.5 Å². The predicted octanol–water partition coefficient (Wildman–Crippen LogP) is 4.72. The van der Waals surface area contributed by atoms with Crippen LogP contribution >= 0.6 is 12.4 Å². The molecule has 2 saturated heterocycles. The molecule has 1 aromatic heterocycles. The number of pyridine rings is 1. The molecule has 2 aromatic rings. The molecule has 1 aromatic carbocycles. The molecule has 0 saturated carbocycles. The quantitative estimate of drug-likeness (QED) is 0.526. The predicted molar refractivity (Wildman–Crippen MR) is 158 cm³/mol. The topological polar surface area (TPSA) is 108 Å². The summed E-state index contributed by atoms with van der Waals surface area (Å²) in [5.74, 6) is 0.980. The Morgan fingerprint density at radius 3 is 2.49 bits per heavy atom. The molecule has 2 amide bonds. The molecule has 3 aliphatic rings. The third kappa shape index (κ3) is 7.11. The van der Waals surface area contributed by atoms with E-state index in [1.54, 1.807) is 9.80 Å². The molecule has 0 aliphatic carbocycles. The van der Waals surface area contributed by atoms with Gasteiger partial charge in [0.25, 0.3) is 0 Å². The Kier molecular flexibility index (Phi) is 10.1. The molecule has 0 radical (unpaired) electrons. The van der Waals surface area contributed by atoms with Gasteiger partial charge in [0.1, 0.15) is 12.1 Å². The number of likely N-dealkylation sites (tertiary alicyclic amines) is 2. The van der Waals surface area contributed by atoms with Crippen molar-refractivity contribution < 1.29 is 19.1 Å². The second kappa shape index (κ2) is 13.5. The number of hydrogen-bond donors (Lipinski definition) is 1. The minimum absolute atomic E-state index is 0. The van der Waals surface area contributed by atoms with E-state index in [4.69, 9.17) is 9.47 Å². The zero-order valence-corrected chi connectivity index (χ0v) is 24.9. The molecule has 3 aliphatic heterocycles. The van der Waals surface area contributed by atoms with E-state index in [9.17, 15) is 14.9 Å². The summed E-state index contributed by atoms with van der Waals surface area (Å²) in [5.41, 5.74) is 4.42. The van der Waals surface area contributed by atoms with E-state index in [-0.39, 0.29) is 48.7 Å². The zero-order valence-electron chi connectivity index (χ0n) is 24.0. The summed E-state index contributed by atoms with van der Waals surface area (Å²) < 4.78 is 11.5. The Balaban J connectivity index is 0.00000387. The highest BCUT2D eigenvalue weighted by atomic mass is 35.5. The van der Waals surface area contributed by atoms with Crippen molar-refractivity contribution in [1.29, 1.82) is 5.26 Å². The lowest BCUT2D eigenvalue weighted by molar-refractivity contribution is -0.133. The standard InChI is InChI=1S/C31H39N5O4.ClH/c1-20(2)39-31(38)35-13-10-22(11-14-35)21(3)40-29-9-8-25(18-34-29)23-6-7-24-16-28(33-19-26(24)15-23)30(37)36-12-4-5-27(36)17-32;/h6-9,15,18,20-22,27-28,33H,4-5,10-14,16,19H2,1-3H3;1H/t21?,27-,28-;/m0./s1. The Morgan fingerprint density at radius 1 is 1.05 bits per heavy atom. The highest BCUT2D eigenvalue weighted by Gasteiger charge is 2.34. The lowest BCUT2D eigenvalue weighted by Crippen LogP contribution is -2.50. The third-order valence-corrected chi connectivity index (χ3v) is 8.33. The van der Waals surface area contributed by atoms with E-state index in [0.29, 0.717) is 44.4 Å². The number of halogens is 1. The number of fused-ring (bicyclic) bond motifs is 1. The molecule has 1 unspecified atom stereocenters. The maximum atomic E-state index is 13.0. The van der Waals surface area contributed by atoms with Crippen molar-refractivity contribution in [1.82, 2.24) is 20.1 Å². The number of nitrogens with one attached hydrogen (secondary N) is 1. The molecular weight excluding hydrogens is 542 g/mol. The van der Waals surface area contributed by atoms with Crippen LogP contribution in [-0.2, 0) is 22.5 Å². The first-order valence-corrected chi connectivity index (χ1v) is 14.5. The van der Waals surface area contributed by atoms with Gasteiger partial charge in [-0.05, 0) is 87.6 Å². The van der Waals surface area contributed by atoms with Gasteiger partial charge in [0, 0.05) is 44.0 Å². The lowest BCUT2D eigenvalue weighted by atomic mass is 9.92. The maximum Gasteiger partial charge on any atom is 0.410 e. The van der Waals surface area contributed by atoms with Crippen molar-refractivity contribution >= 4 is 24.4 Å². The van der Waals surface area contributed by atoms with Crippen LogP contribution in [0.5, 0.6) is 5.88 Å². The van der Waals surface area contributed by atoms with Gasteiger partial charge in [-0.2, -0.15) is 5.26 Å². The summed E-state index contributed by atoms with van der Waals surface area (Å²) in [7, 11) is 0. The fourth-order valence-electron chi connectivity index (χ4n) is 5.97. The summed E-state index contributed by atoms with van der Waals surface area (Å²) in [4.78, 5) is 33.3. The average molecular weight is 582 g/mol. The third-order valence-electron chi connectivity index (χ3n) is 8.33. The van der Waals surface area contributed by atoms with Gasteiger partial charge in [0.05, 0.1) is 18.2 Å². The number of nitrogens with zero attached hydrogens (tertiary/aromatic N) is 4. The summed E-state index contributed by atoms with van der Waals surface area (Å²) in [6.45, 7) is 8.44. The SMILES string of the molecule is CC(C)OC(=O)N1CCC(C(C)Oc2ccc(-c3ccc4c(c3)CN[C@H](C(=O)N3CCC[C@H]3C#N)C4)cn2)CC1.Cl. The molecule has 5 rings (SSSR count). The Hall–Kier alpha value is -3.35. The average Bonchev–Trinajstić information content (AvgIpc) is 3.45. The number of benzene rings is 1. The Labute approximate surface area is 248 Å². The second-order valence-electron chi connectivity index (χ2n) is 11.4. The van der Waals surface area contributed by atoms with Crippen molar-refractivity contribution in [2.75, 3.05) is 19.6 Å². The van der Waals surface area contributed by atoms with Gasteiger partial charge < -0.3 is 24.6 Å². The van der Waals surface area contributed by atoms with Gasteiger partial charge >= 0.3 is 6.09 Å². The molecule has 0 bridgehead atoms. The fraction of sp³-hybridized carbons (Fsp3) is 0.548. The van der Waals surface area contributed by atoms with Crippen LogP contribution in [0, 0.1) is 17.2 Å². The van der Waals surface area contributed by atoms with Crippen LogP contribution < -0.4 is 10.1 Å². The fourth-order valence-corrected chi connectivity index (χ4v) is 5.97. The molecule has 9 nitrogen and oxygen atoms in total. The van der Waals surface area contributed by atoms with Crippen molar-refractivity contribution in [3.05, 3.63) is 47.7 Å². The summed E-state index contributed by atoms with van der Waals surface area (Å²) in [6, 6.07) is 12.0. The molecule has 1 N–H and O–H groups in total. The highest BCUT2D eigenvalue weighted by molar-refractivity contribution is 5.85. The van der Waals surface area contributed by atoms with E-state index < -0.39 is 0 Å². The maximum absolute atomic E-state index is 13.0. The zero-order chi connectivity index (χ0) is 28.2. The Morgan fingerprint density at radius 2 is 1.80 bits per heavy atom. The first kappa shape index (κ1) is 30.6. The van der Waals surface area contributed by atoms with Crippen molar-refractivity contribution in [3.63, 3.8) is 0 Å². The number of hydrogen-bond acceptors (Lipinski definition) is 7. The summed E-state index contributed by atoms with van der Waals surface area (Å²) in [6.07, 6.45) is 5.53. The van der Waals surface area contributed by atoms with Gasteiger partial charge in [-0.25, -0.2) is 9.78 Å². The highest BCUT2D eigenvalue weighted by Crippen LogP contribution is 2.29. The first-order chi connectivity index (χ1) is 19.3. The summed E-state index contributed by atoms with van der Waals surface area (Å²) >= 11 is 0. The van der Waals surface area contributed by atoms with E-state index in [0.717, 1.165) is 36.8 Å². The first-order valence-electron chi connectivity index (χ1n) is 14.5. The van der Waals surface area contributed by atoms with Gasteiger partial charge in [0.15, 0.2) is 0 Å². The smallest absolute Gasteiger partial charge is 0.410 e. The van der Waals surface area contributed by atoms with Gasteiger partial charge in [-0.3, -0.25) is 4.79 Å². The number of amides is 2. The van der Waals surface area contributed by atoms with E-state index in [1.165, 1.54) is 11.1 Å². The monoisotopic (exact) mass is 581 g/mol.